The summed E-state index contributed by atoms with van der Waals surface area (Å²) in [5.41, 5.74) is 9.65. The Morgan fingerprint density at radius 2 is 1.08 bits per heavy atom. The molecule has 79 heavy (non-hydrogen) atoms. The second kappa shape index (κ2) is 29.5. The van der Waals surface area contributed by atoms with E-state index in [4.69, 9.17) is 32.7 Å². The van der Waals surface area contributed by atoms with Gasteiger partial charge >= 0.3 is 38.9 Å². The smallest absolute Gasteiger partial charge is 0.342 e. The molecule has 16 nitrogen and oxygen atoms in total. The number of carbonyl (C=O) groups excluding carboxylic acids is 4. The Bertz CT molecular complexity index is 2950. The van der Waals surface area contributed by atoms with E-state index in [2.05, 4.69) is 36.7 Å². The first-order chi connectivity index (χ1) is 36.9. The third-order valence-electron chi connectivity index (χ3n) is 13.4. The summed E-state index contributed by atoms with van der Waals surface area (Å²) in [6.07, 6.45) is 6.23. The second-order valence-electron chi connectivity index (χ2n) is 20.8. The van der Waals surface area contributed by atoms with Crippen LogP contribution in [0.25, 0.3) is 0 Å². The lowest BCUT2D eigenvalue weighted by Crippen LogP contribution is -2.35. The Hall–Kier alpha value is -5.96. The fourth-order valence-corrected chi connectivity index (χ4v) is 14.4. The number of nitrogens with one attached hydrogen (secondary N) is 2. The number of hydrogen-bond acceptors (Lipinski definition) is 14. The normalized spacial score (nSPS) is 15.3. The summed E-state index contributed by atoms with van der Waals surface area (Å²) in [6.45, 7) is 26.7. The molecule has 0 fully saturated rings. The molecule has 4 aromatic carbocycles. The number of benzene rings is 4. The molecule has 0 aromatic heterocycles. The van der Waals surface area contributed by atoms with E-state index in [1.165, 1.54) is 0 Å². The number of rotatable bonds is 26. The average molecular weight is 1150 g/mol. The van der Waals surface area contributed by atoms with Gasteiger partial charge in [0, 0.05) is 30.3 Å². The van der Waals surface area contributed by atoms with Gasteiger partial charge in [-0.25, -0.2) is 19.8 Å². The van der Waals surface area contributed by atoms with Gasteiger partial charge in [0.1, 0.15) is 59.4 Å². The molecule has 19 heteroatoms. The Balaban J connectivity index is 0.000000340. The monoisotopic (exact) mass is 1150 g/mol. The number of esters is 4. The van der Waals surface area contributed by atoms with Gasteiger partial charge in [0.25, 0.3) is 0 Å². The minimum Gasteiger partial charge on any atom is -0.507 e. The molecule has 0 bridgehead atoms. The molecule has 0 radical (unpaired) electrons. The van der Waals surface area contributed by atoms with Crippen molar-refractivity contribution in [2.75, 3.05) is 32.1 Å². The third kappa shape index (κ3) is 17.8. The SMILES string of the molecule is C.CCOC(=O)[C@H](C)NP(=O)(C/C(C)=C/Cc1c(CC)c(C)c2c(c1OCC[Si](C)(C)C)C(=O)OC2)Oc1ccccc1.CCOC(=O)[C@H](C)NP(=O)(C/C(C)=C/Cc1c(O)c2c(c(C)c1CC)COC2=O)Oc1ccccc1. The fourth-order valence-electron chi connectivity index (χ4n) is 9.36. The molecule has 2 aliphatic rings. The van der Waals surface area contributed by atoms with Crippen molar-refractivity contribution >= 4 is 47.0 Å². The standard InChI is InChI=1S/C32H46NO7PSi.C27H34NO7P.CH4/c1-9-26-23(4)28-20-39-32(35)29(28)30(38-18-19-42(6,7)8)27(26)17-16-22(3)21-41(36,33-24(5)31(34)37-10-2)40-25-14-12-11-13-15-25;1-6-21-18(4)23-15-34-27(31)24(23)25(29)22(21)14-13-17(3)16-36(32,28-19(5)26(30)33-7-2)35-20-11-9-8-10-12-20;/h11-16,24H,9-10,17-21H2,1-8H3,(H,33,36);8-13,19,29H,6-7,14-16H2,1-5H3,(H,28,32);1H4/b22-16+;17-13+;/t24-,41?;19-,36?;/m00./s1. The van der Waals surface area contributed by atoms with Crippen molar-refractivity contribution in [3.8, 4) is 23.0 Å². The zero-order valence-electron chi connectivity index (χ0n) is 47.7. The Morgan fingerprint density at radius 3 is 1.49 bits per heavy atom. The minimum absolute atomic E-state index is 0. The van der Waals surface area contributed by atoms with Crippen LogP contribution in [0, 0.1) is 13.8 Å². The van der Waals surface area contributed by atoms with Gasteiger partial charge in [-0.2, -0.15) is 0 Å². The van der Waals surface area contributed by atoms with Crippen LogP contribution in [0.3, 0.4) is 0 Å². The van der Waals surface area contributed by atoms with Gasteiger partial charge in [0.05, 0.1) is 32.1 Å². The minimum atomic E-state index is -3.57. The molecule has 0 spiro atoms. The van der Waals surface area contributed by atoms with Gasteiger partial charge in [-0.05, 0) is 134 Å². The lowest BCUT2D eigenvalue weighted by Gasteiger charge is -2.24. The van der Waals surface area contributed by atoms with E-state index in [0.29, 0.717) is 54.2 Å². The summed E-state index contributed by atoms with van der Waals surface area (Å²) in [5.74, 6) is -0.482. The molecule has 0 saturated heterocycles. The highest BCUT2D eigenvalue weighted by Crippen LogP contribution is 2.48. The molecule has 4 atom stereocenters. The van der Waals surface area contributed by atoms with Crippen molar-refractivity contribution < 1.29 is 66.1 Å². The van der Waals surface area contributed by atoms with Crippen molar-refractivity contribution in [2.24, 2.45) is 0 Å². The maximum atomic E-state index is 14.1. The molecular weight excluding hydrogens is 1060 g/mol. The first-order valence-corrected chi connectivity index (χ1v) is 34.1. The molecule has 2 unspecified atom stereocenters. The number of phenols is 1. The topological polar surface area (TPSA) is 211 Å². The van der Waals surface area contributed by atoms with Crippen LogP contribution in [-0.2, 0) is 76.6 Å². The number of cyclic esters (lactones) is 2. The maximum Gasteiger partial charge on any atom is 0.342 e. The Morgan fingerprint density at radius 1 is 0.671 bits per heavy atom. The van der Waals surface area contributed by atoms with Crippen LogP contribution < -0.4 is 24.0 Å². The summed E-state index contributed by atoms with van der Waals surface area (Å²) < 4.78 is 67.0. The summed E-state index contributed by atoms with van der Waals surface area (Å²) in [7, 11) is -8.51. The van der Waals surface area contributed by atoms with Gasteiger partial charge in [0.2, 0.25) is 0 Å². The van der Waals surface area contributed by atoms with Crippen molar-refractivity contribution in [3.05, 3.63) is 140 Å². The van der Waals surface area contributed by atoms with E-state index in [0.717, 1.165) is 62.6 Å². The largest absolute Gasteiger partial charge is 0.507 e. The molecule has 2 heterocycles. The highest BCUT2D eigenvalue weighted by molar-refractivity contribution is 7.57. The van der Waals surface area contributed by atoms with Gasteiger partial charge in [-0.1, -0.05) is 101 Å². The van der Waals surface area contributed by atoms with Crippen LogP contribution >= 0.6 is 15.0 Å². The van der Waals surface area contributed by atoms with Crippen LogP contribution in [0.4, 0.5) is 0 Å². The fraction of sp³-hybridized carbons (Fsp3) is 0.467. The molecule has 432 valence electrons. The number of allylic oxidation sites excluding steroid dienone is 4. The molecule has 3 N–H and O–H groups in total. The third-order valence-corrected chi connectivity index (χ3v) is 19.5. The van der Waals surface area contributed by atoms with Crippen LogP contribution in [-0.4, -0.2) is 81.3 Å². The first-order valence-electron chi connectivity index (χ1n) is 26.8. The van der Waals surface area contributed by atoms with E-state index >= 15 is 0 Å². The van der Waals surface area contributed by atoms with Crippen molar-refractivity contribution in [3.63, 3.8) is 0 Å². The van der Waals surface area contributed by atoms with Crippen molar-refractivity contribution in [2.45, 2.75) is 153 Å². The number of ether oxygens (including phenoxy) is 5. The highest BCUT2D eigenvalue weighted by Gasteiger charge is 2.36. The first kappa shape index (κ1) is 65.6. The number of aromatic hydroxyl groups is 1. The molecule has 0 amide bonds. The Labute approximate surface area is 469 Å². The molecule has 4 aromatic rings. The molecular formula is C60H84N2O14P2Si. The summed E-state index contributed by atoms with van der Waals surface area (Å²) >= 11 is 0. The number of carbonyl (C=O) groups is 4. The second-order valence-corrected chi connectivity index (χ2v) is 30.6. The predicted molar refractivity (Wildman–Crippen MR) is 314 cm³/mol. The lowest BCUT2D eigenvalue weighted by atomic mass is 9.89. The quantitative estimate of drug-likeness (QED) is 0.0175. The van der Waals surface area contributed by atoms with E-state index in [1.807, 2.05) is 58.9 Å². The van der Waals surface area contributed by atoms with Crippen LogP contribution in [0.15, 0.2) is 84.0 Å². The van der Waals surface area contributed by atoms with Crippen LogP contribution in [0.1, 0.15) is 128 Å². The number of fused-ring (bicyclic) bond motifs is 2. The van der Waals surface area contributed by atoms with Gasteiger partial charge in [-0.3, -0.25) is 18.7 Å². The number of hydrogen-bond donors (Lipinski definition) is 3. The number of para-hydroxylation sites is 2. The van der Waals surface area contributed by atoms with Gasteiger partial charge < -0.3 is 37.8 Å². The molecule has 6 rings (SSSR count). The Kier molecular flexibility index (Phi) is 24.5. The number of phenolic OH excluding ortho intramolecular Hbond substituents is 1. The van der Waals surface area contributed by atoms with Gasteiger partial charge in [-0.15, -0.1) is 0 Å². The summed E-state index contributed by atoms with van der Waals surface area (Å²) in [5, 5.41) is 16.7. The van der Waals surface area contributed by atoms with Crippen LogP contribution in [0.2, 0.25) is 25.7 Å². The molecule has 0 saturated carbocycles. The van der Waals surface area contributed by atoms with E-state index in [9.17, 15) is 33.4 Å². The summed E-state index contributed by atoms with van der Waals surface area (Å²) in [4.78, 5) is 49.6. The van der Waals surface area contributed by atoms with Crippen molar-refractivity contribution in [1.82, 2.24) is 10.2 Å². The zero-order chi connectivity index (χ0) is 57.5. The van der Waals surface area contributed by atoms with E-state index in [-0.39, 0.29) is 63.5 Å². The average Bonchev–Trinajstić information content (AvgIpc) is 3.99. The van der Waals surface area contributed by atoms with Gasteiger partial charge in [0.15, 0.2) is 0 Å². The summed E-state index contributed by atoms with van der Waals surface area (Å²) in [6, 6.07) is 17.0. The lowest BCUT2D eigenvalue weighted by molar-refractivity contribution is -0.145. The highest BCUT2D eigenvalue weighted by atomic mass is 31.2. The van der Waals surface area contributed by atoms with E-state index in [1.54, 1.807) is 76.2 Å². The zero-order valence-corrected chi connectivity index (χ0v) is 50.5. The molecule has 0 aliphatic carbocycles. The van der Waals surface area contributed by atoms with Crippen LogP contribution in [0.5, 0.6) is 23.0 Å². The predicted octanol–water partition coefficient (Wildman–Crippen LogP) is 13.1. The molecule has 2 aliphatic heterocycles. The maximum absolute atomic E-state index is 14.1. The van der Waals surface area contributed by atoms with Crippen molar-refractivity contribution in [1.29, 1.82) is 0 Å². The van der Waals surface area contributed by atoms with E-state index < -0.39 is 53.1 Å².